The summed E-state index contributed by atoms with van der Waals surface area (Å²) in [5.41, 5.74) is -1.55. The summed E-state index contributed by atoms with van der Waals surface area (Å²) in [5.74, 6) is 0. The fourth-order valence-electron chi connectivity index (χ4n) is 2.81. The molecule has 0 aliphatic rings. The van der Waals surface area contributed by atoms with Gasteiger partial charge in [-0.1, -0.05) is 0 Å². The van der Waals surface area contributed by atoms with E-state index >= 15 is 0 Å². The highest BCUT2D eigenvalue weighted by Gasteiger charge is 2.35. The minimum Gasteiger partial charge on any atom is -0.292 e. The van der Waals surface area contributed by atoms with Crippen LogP contribution in [0.1, 0.15) is 5.69 Å². The van der Waals surface area contributed by atoms with Gasteiger partial charge < -0.3 is 0 Å². The van der Waals surface area contributed by atoms with Gasteiger partial charge in [0, 0.05) is 24.1 Å². The van der Waals surface area contributed by atoms with Gasteiger partial charge in [-0.2, -0.15) is 28.9 Å². The minimum absolute atomic E-state index is 0.193. The van der Waals surface area contributed by atoms with Crippen molar-refractivity contribution in [3.05, 3.63) is 67.6 Å². The second-order valence-corrected chi connectivity index (χ2v) is 7.32. The maximum absolute atomic E-state index is 13.0. The predicted octanol–water partition coefficient (Wildman–Crippen LogP) is 3.89. The highest BCUT2D eigenvalue weighted by Crippen LogP contribution is 2.34. The van der Waals surface area contributed by atoms with Gasteiger partial charge in [0.15, 0.2) is 0 Å². The first-order valence-electron chi connectivity index (χ1n) is 7.60. The average molecular weight is 409 g/mol. The van der Waals surface area contributed by atoms with Crippen LogP contribution >= 0.6 is 22.9 Å². The molecular formula is C17H10F3N3O2S2. The molecule has 5 nitrogen and oxygen atoms in total. The van der Waals surface area contributed by atoms with Gasteiger partial charge in [0.25, 0.3) is 5.56 Å². The number of hydrogen-bond acceptors (Lipinski definition) is 5. The standard InChI is InChI=1S/C17H10F3N3O2S2/c1-22-13(17(18,19)20)7-14(24)23(16(22)25)10-2-3-12-11(6-10)15(27-21-12)9-4-5-26-8-9/h2-8H,1H3. The quantitative estimate of drug-likeness (QED) is 0.505. The Kier molecular flexibility index (Phi) is 4.04. The molecular weight excluding hydrogens is 399 g/mol. The highest BCUT2D eigenvalue weighted by atomic mass is 32.1. The molecule has 10 heteroatoms. The summed E-state index contributed by atoms with van der Waals surface area (Å²) in [5, 5.41) is 4.59. The number of aromatic nitrogens is 3. The fourth-order valence-corrected chi connectivity index (χ4v) is 4.37. The second-order valence-electron chi connectivity index (χ2n) is 5.77. The molecule has 4 aromatic rings. The Balaban J connectivity index is 1.96. The van der Waals surface area contributed by atoms with Gasteiger partial charge in [-0.05, 0) is 46.6 Å². The van der Waals surface area contributed by atoms with E-state index in [-0.39, 0.29) is 5.69 Å². The van der Waals surface area contributed by atoms with Crippen molar-refractivity contribution in [2.75, 3.05) is 0 Å². The molecule has 138 valence electrons. The summed E-state index contributed by atoms with van der Waals surface area (Å²) in [6, 6.07) is 7.09. The number of thiophene rings is 1. The van der Waals surface area contributed by atoms with Gasteiger partial charge in [-0.3, -0.25) is 9.36 Å². The third-order valence-electron chi connectivity index (χ3n) is 4.11. The summed E-state index contributed by atoms with van der Waals surface area (Å²) in [6.07, 6.45) is -4.79. The van der Waals surface area contributed by atoms with Gasteiger partial charge in [0.05, 0.1) is 16.1 Å². The minimum atomic E-state index is -4.79. The maximum atomic E-state index is 13.0. The molecule has 3 aromatic heterocycles. The second kappa shape index (κ2) is 6.17. The number of fused-ring (bicyclic) bond motifs is 1. The molecule has 0 amide bonds. The molecule has 1 aromatic carbocycles. The highest BCUT2D eigenvalue weighted by molar-refractivity contribution is 7.12. The molecule has 3 heterocycles. The van der Waals surface area contributed by atoms with E-state index in [2.05, 4.69) is 4.37 Å². The zero-order valence-electron chi connectivity index (χ0n) is 13.6. The lowest BCUT2D eigenvalue weighted by Crippen LogP contribution is -2.40. The SMILES string of the molecule is Cn1c(C(F)(F)F)cc(=O)n(-c2ccc3nsc(-c4ccsc4)c3c2)c1=O. The molecule has 0 aliphatic heterocycles. The number of nitrogens with zero attached hydrogens (tertiary/aromatic N) is 3. The summed E-state index contributed by atoms with van der Waals surface area (Å²) >= 11 is 2.80. The van der Waals surface area contributed by atoms with Crippen molar-refractivity contribution in [2.45, 2.75) is 6.18 Å². The third-order valence-corrected chi connectivity index (χ3v) is 5.72. The Morgan fingerprint density at radius 3 is 2.56 bits per heavy atom. The van der Waals surface area contributed by atoms with Gasteiger partial charge in [-0.25, -0.2) is 9.36 Å². The van der Waals surface area contributed by atoms with Crippen molar-refractivity contribution in [2.24, 2.45) is 7.05 Å². The van der Waals surface area contributed by atoms with Crippen molar-refractivity contribution < 1.29 is 13.2 Å². The van der Waals surface area contributed by atoms with E-state index in [1.807, 2.05) is 16.8 Å². The van der Waals surface area contributed by atoms with Crippen LogP contribution in [0.2, 0.25) is 0 Å². The molecule has 0 aliphatic carbocycles. The molecule has 0 spiro atoms. The summed E-state index contributed by atoms with van der Waals surface area (Å²) in [7, 11) is 0.989. The lowest BCUT2D eigenvalue weighted by Gasteiger charge is -2.14. The first-order valence-corrected chi connectivity index (χ1v) is 9.31. The zero-order valence-corrected chi connectivity index (χ0v) is 15.3. The Labute approximate surface area is 157 Å². The molecule has 0 bridgehead atoms. The average Bonchev–Trinajstić information content (AvgIpc) is 3.26. The summed E-state index contributed by atoms with van der Waals surface area (Å²) in [4.78, 5) is 25.6. The number of benzene rings is 1. The van der Waals surface area contributed by atoms with Crippen molar-refractivity contribution in [1.29, 1.82) is 0 Å². The van der Waals surface area contributed by atoms with Crippen molar-refractivity contribution in [3.63, 3.8) is 0 Å². The van der Waals surface area contributed by atoms with Crippen LogP contribution in [-0.2, 0) is 13.2 Å². The van der Waals surface area contributed by atoms with Crippen LogP contribution in [0.4, 0.5) is 13.2 Å². The Bertz CT molecular complexity index is 1270. The topological polar surface area (TPSA) is 56.9 Å². The third kappa shape index (κ3) is 2.90. The molecule has 0 atom stereocenters. The zero-order chi connectivity index (χ0) is 19.3. The molecule has 4 rings (SSSR count). The van der Waals surface area contributed by atoms with Gasteiger partial charge in [0.2, 0.25) is 0 Å². The van der Waals surface area contributed by atoms with Crippen LogP contribution in [0, 0.1) is 0 Å². The number of halogens is 3. The fraction of sp³-hybridized carbons (Fsp3) is 0.118. The van der Waals surface area contributed by atoms with Gasteiger partial charge in [0.1, 0.15) is 5.69 Å². The monoisotopic (exact) mass is 409 g/mol. The largest absolute Gasteiger partial charge is 0.431 e. The molecule has 27 heavy (non-hydrogen) atoms. The van der Waals surface area contributed by atoms with Crippen molar-refractivity contribution in [3.8, 4) is 16.1 Å². The van der Waals surface area contributed by atoms with Crippen LogP contribution < -0.4 is 11.2 Å². The molecule has 0 radical (unpaired) electrons. The molecule has 0 saturated carbocycles. The van der Waals surface area contributed by atoms with Gasteiger partial charge in [-0.15, -0.1) is 0 Å². The van der Waals surface area contributed by atoms with Crippen LogP contribution in [0.15, 0.2) is 50.7 Å². The number of hydrogen-bond donors (Lipinski definition) is 0. The first kappa shape index (κ1) is 17.7. The van der Waals surface area contributed by atoms with E-state index in [0.29, 0.717) is 16.2 Å². The van der Waals surface area contributed by atoms with E-state index in [4.69, 9.17) is 0 Å². The summed E-state index contributed by atoms with van der Waals surface area (Å²) < 4.78 is 44.5. The molecule has 0 fully saturated rings. The van der Waals surface area contributed by atoms with E-state index in [1.165, 1.54) is 28.9 Å². The van der Waals surface area contributed by atoms with Crippen LogP contribution in [-0.4, -0.2) is 13.5 Å². The van der Waals surface area contributed by atoms with E-state index in [1.54, 1.807) is 12.1 Å². The lowest BCUT2D eigenvalue weighted by atomic mass is 10.1. The van der Waals surface area contributed by atoms with Crippen LogP contribution in [0.25, 0.3) is 27.0 Å². The van der Waals surface area contributed by atoms with E-state index < -0.39 is 23.1 Å². The van der Waals surface area contributed by atoms with E-state index in [9.17, 15) is 22.8 Å². The molecule has 0 N–H and O–H groups in total. The lowest BCUT2D eigenvalue weighted by molar-refractivity contribution is -0.144. The van der Waals surface area contributed by atoms with E-state index in [0.717, 1.165) is 27.4 Å². The smallest absolute Gasteiger partial charge is 0.292 e. The van der Waals surface area contributed by atoms with Crippen molar-refractivity contribution >= 4 is 33.8 Å². The number of alkyl halides is 3. The summed E-state index contributed by atoms with van der Waals surface area (Å²) in [6.45, 7) is 0. The first-order chi connectivity index (χ1) is 12.8. The van der Waals surface area contributed by atoms with Crippen molar-refractivity contribution in [1.82, 2.24) is 13.5 Å². The predicted molar refractivity (Wildman–Crippen MR) is 98.8 cm³/mol. The maximum Gasteiger partial charge on any atom is 0.431 e. The van der Waals surface area contributed by atoms with Gasteiger partial charge >= 0.3 is 11.9 Å². The Morgan fingerprint density at radius 1 is 1.11 bits per heavy atom. The molecule has 0 saturated heterocycles. The Hall–Kier alpha value is -2.72. The number of rotatable bonds is 2. The molecule has 0 unspecified atom stereocenters. The normalized spacial score (nSPS) is 12.0. The van der Waals surface area contributed by atoms with Crippen LogP contribution in [0.5, 0.6) is 0 Å². The van der Waals surface area contributed by atoms with Crippen LogP contribution in [0.3, 0.4) is 0 Å². The Morgan fingerprint density at radius 2 is 1.89 bits per heavy atom.